The molecule has 2 rings (SSSR count). The van der Waals surface area contributed by atoms with Gasteiger partial charge in [-0.2, -0.15) is 0 Å². The molecule has 1 atom stereocenters. The topological polar surface area (TPSA) is 53.9 Å². The summed E-state index contributed by atoms with van der Waals surface area (Å²) in [6.45, 7) is 2.63. The Labute approximate surface area is 95.2 Å². The van der Waals surface area contributed by atoms with E-state index >= 15 is 0 Å². The van der Waals surface area contributed by atoms with Gasteiger partial charge in [0.25, 0.3) is 5.91 Å². The van der Waals surface area contributed by atoms with Gasteiger partial charge in [0.05, 0.1) is 18.8 Å². The van der Waals surface area contributed by atoms with Crippen molar-refractivity contribution < 1.29 is 9.53 Å². The van der Waals surface area contributed by atoms with Crippen molar-refractivity contribution in [3.05, 3.63) is 11.6 Å². The van der Waals surface area contributed by atoms with E-state index in [-0.39, 0.29) is 12.1 Å². The molecule has 1 unspecified atom stereocenters. The Balaban J connectivity index is 1.95. The maximum Gasteiger partial charge on any atom is 0.255 e. The Kier molecular flexibility index (Phi) is 3.69. The van der Waals surface area contributed by atoms with Gasteiger partial charge in [-0.05, 0) is 7.05 Å². The number of carbonyl (C=O) groups is 1. The Bertz CT molecular complexity index is 319. The summed E-state index contributed by atoms with van der Waals surface area (Å²) in [5, 5.41) is 3.06. The summed E-state index contributed by atoms with van der Waals surface area (Å²) in [6.07, 6.45) is 4.51. The highest BCUT2D eigenvalue weighted by atomic mass is 16.5. The average molecular weight is 223 g/mol. The minimum absolute atomic E-state index is 0.0709. The molecule has 0 aromatic rings. The highest BCUT2D eigenvalue weighted by Crippen LogP contribution is 2.10. The molecule has 0 saturated carbocycles. The summed E-state index contributed by atoms with van der Waals surface area (Å²) >= 11 is 0. The van der Waals surface area contributed by atoms with Gasteiger partial charge < -0.3 is 9.64 Å². The van der Waals surface area contributed by atoms with E-state index in [4.69, 9.17) is 4.74 Å². The second-order valence-corrected chi connectivity index (χ2v) is 3.88. The summed E-state index contributed by atoms with van der Waals surface area (Å²) in [4.78, 5) is 18.1. The number of amides is 1. The molecule has 1 N–H and O–H groups in total. The summed E-state index contributed by atoms with van der Waals surface area (Å²) in [5.74, 6) is 0.0709. The minimum atomic E-state index is 0.0709. The summed E-state index contributed by atoms with van der Waals surface area (Å²) in [5.41, 5.74) is 0.702. The lowest BCUT2D eigenvalue weighted by atomic mass is 10.1. The quantitative estimate of drug-likeness (QED) is 0.705. The molecule has 0 radical (unpaired) electrons. The number of dihydropyridines is 1. The van der Waals surface area contributed by atoms with Crippen LogP contribution in [0.25, 0.3) is 0 Å². The van der Waals surface area contributed by atoms with E-state index in [0.29, 0.717) is 31.9 Å². The molecule has 5 heteroatoms. The third-order valence-electron chi connectivity index (χ3n) is 2.83. The van der Waals surface area contributed by atoms with Crippen molar-refractivity contribution in [3.8, 4) is 0 Å². The lowest BCUT2D eigenvalue weighted by Gasteiger charge is -2.27. The van der Waals surface area contributed by atoms with Gasteiger partial charge in [-0.25, -0.2) is 0 Å². The van der Waals surface area contributed by atoms with Crippen molar-refractivity contribution in [3.63, 3.8) is 0 Å². The summed E-state index contributed by atoms with van der Waals surface area (Å²) in [6, 6.07) is 0. The molecule has 2 aliphatic heterocycles. The highest BCUT2D eigenvalue weighted by Gasteiger charge is 2.21. The fourth-order valence-corrected chi connectivity index (χ4v) is 1.81. The van der Waals surface area contributed by atoms with E-state index in [1.807, 2.05) is 18.0 Å². The van der Waals surface area contributed by atoms with Crippen LogP contribution in [-0.4, -0.2) is 56.5 Å². The molecule has 16 heavy (non-hydrogen) atoms. The lowest BCUT2D eigenvalue weighted by Crippen LogP contribution is -2.42. The number of hydrogen-bond donors (Lipinski definition) is 1. The fraction of sp³-hybridized carbons (Fsp3) is 0.636. The summed E-state index contributed by atoms with van der Waals surface area (Å²) in [7, 11) is 1.87. The molecular formula is C11H17N3O2. The zero-order valence-corrected chi connectivity index (χ0v) is 9.48. The minimum Gasteiger partial charge on any atom is -0.378 e. The van der Waals surface area contributed by atoms with E-state index in [1.54, 1.807) is 6.21 Å². The van der Waals surface area contributed by atoms with Crippen LogP contribution in [0.3, 0.4) is 0 Å². The van der Waals surface area contributed by atoms with E-state index in [9.17, 15) is 4.79 Å². The van der Waals surface area contributed by atoms with Crippen LogP contribution in [0.2, 0.25) is 0 Å². The predicted octanol–water partition coefficient (Wildman–Crippen LogP) is -0.208. The fourth-order valence-electron chi connectivity index (χ4n) is 1.81. The van der Waals surface area contributed by atoms with Gasteiger partial charge in [0.15, 0.2) is 0 Å². The van der Waals surface area contributed by atoms with Crippen LogP contribution in [0, 0.1) is 0 Å². The van der Waals surface area contributed by atoms with E-state index in [1.165, 1.54) is 0 Å². The van der Waals surface area contributed by atoms with Crippen molar-refractivity contribution in [1.29, 1.82) is 0 Å². The number of morpholine rings is 1. The van der Waals surface area contributed by atoms with E-state index in [2.05, 4.69) is 10.3 Å². The number of hydrogen-bond acceptors (Lipinski definition) is 4. The number of ether oxygens (including phenoxy) is 1. The molecule has 1 amide bonds. The Morgan fingerprint density at radius 1 is 1.56 bits per heavy atom. The third kappa shape index (κ3) is 2.48. The van der Waals surface area contributed by atoms with Crippen molar-refractivity contribution >= 4 is 12.1 Å². The molecule has 0 aromatic heterocycles. The van der Waals surface area contributed by atoms with E-state index < -0.39 is 0 Å². The van der Waals surface area contributed by atoms with Crippen molar-refractivity contribution in [2.45, 2.75) is 12.6 Å². The number of nitrogens with one attached hydrogen (secondary N) is 1. The van der Waals surface area contributed by atoms with Crippen molar-refractivity contribution in [1.82, 2.24) is 10.2 Å². The highest BCUT2D eigenvalue weighted by molar-refractivity contribution is 6.12. The molecule has 0 aromatic carbocycles. The zero-order chi connectivity index (χ0) is 11.4. The largest absolute Gasteiger partial charge is 0.378 e. The maximum atomic E-state index is 12.0. The molecule has 5 nitrogen and oxygen atoms in total. The van der Waals surface area contributed by atoms with Crippen molar-refractivity contribution in [2.75, 3.05) is 33.4 Å². The SMILES string of the molecule is CNC1CC=C(C(=O)N2CCOCC2)C=N1. The maximum absolute atomic E-state index is 12.0. The number of rotatable bonds is 2. The van der Waals surface area contributed by atoms with Crippen LogP contribution in [0.5, 0.6) is 0 Å². The molecule has 2 aliphatic rings. The zero-order valence-electron chi connectivity index (χ0n) is 9.48. The lowest BCUT2D eigenvalue weighted by molar-refractivity contribution is -0.130. The number of aliphatic imine (C=N–C) groups is 1. The van der Waals surface area contributed by atoms with E-state index in [0.717, 1.165) is 6.42 Å². The van der Waals surface area contributed by atoms with Gasteiger partial charge in [0.1, 0.15) is 6.17 Å². The van der Waals surface area contributed by atoms with Crippen LogP contribution in [0.4, 0.5) is 0 Å². The molecule has 0 aliphatic carbocycles. The van der Waals surface area contributed by atoms with Crippen LogP contribution in [0.15, 0.2) is 16.6 Å². The van der Waals surface area contributed by atoms with Crippen LogP contribution in [0.1, 0.15) is 6.42 Å². The Morgan fingerprint density at radius 2 is 2.31 bits per heavy atom. The van der Waals surface area contributed by atoms with Gasteiger partial charge >= 0.3 is 0 Å². The molecule has 0 bridgehead atoms. The first-order chi connectivity index (χ1) is 7.81. The molecular weight excluding hydrogens is 206 g/mol. The first-order valence-electron chi connectivity index (χ1n) is 5.59. The first-order valence-corrected chi connectivity index (χ1v) is 5.59. The first kappa shape index (κ1) is 11.3. The van der Waals surface area contributed by atoms with Crippen molar-refractivity contribution in [2.24, 2.45) is 4.99 Å². The third-order valence-corrected chi connectivity index (χ3v) is 2.83. The van der Waals surface area contributed by atoms with Crippen LogP contribution in [-0.2, 0) is 9.53 Å². The standard InChI is InChI=1S/C11H17N3O2/c1-12-10-3-2-9(8-13-10)11(15)14-4-6-16-7-5-14/h2,8,10,12H,3-7H2,1H3. The van der Waals surface area contributed by atoms with Gasteiger partial charge in [0.2, 0.25) is 0 Å². The van der Waals surface area contributed by atoms with Gasteiger partial charge in [-0.15, -0.1) is 0 Å². The van der Waals surface area contributed by atoms with Crippen LogP contribution >= 0.6 is 0 Å². The second kappa shape index (κ2) is 5.23. The van der Waals surface area contributed by atoms with Gasteiger partial charge in [-0.1, -0.05) is 6.08 Å². The van der Waals surface area contributed by atoms with Gasteiger partial charge in [-0.3, -0.25) is 15.1 Å². The molecule has 1 saturated heterocycles. The number of carbonyl (C=O) groups excluding carboxylic acids is 1. The number of nitrogens with zero attached hydrogens (tertiary/aromatic N) is 2. The molecule has 88 valence electrons. The Hall–Kier alpha value is -1.20. The summed E-state index contributed by atoms with van der Waals surface area (Å²) < 4.78 is 5.21. The molecule has 2 heterocycles. The van der Waals surface area contributed by atoms with Gasteiger partial charge in [0, 0.05) is 25.7 Å². The smallest absolute Gasteiger partial charge is 0.255 e. The van der Waals surface area contributed by atoms with Crippen LogP contribution < -0.4 is 5.32 Å². The Morgan fingerprint density at radius 3 is 2.88 bits per heavy atom. The molecule has 1 fully saturated rings. The monoisotopic (exact) mass is 223 g/mol. The average Bonchev–Trinajstić information content (AvgIpc) is 2.39. The predicted molar refractivity (Wildman–Crippen MR) is 61.4 cm³/mol. The molecule has 0 spiro atoms. The second-order valence-electron chi connectivity index (χ2n) is 3.88. The normalized spacial score (nSPS) is 25.4.